The number of aromatic nitrogens is 2. The third-order valence-corrected chi connectivity index (χ3v) is 9.84. The van der Waals surface area contributed by atoms with Crippen LogP contribution in [0.15, 0.2) is 41.8 Å². The summed E-state index contributed by atoms with van der Waals surface area (Å²) in [4.78, 5) is 62.8. The number of thiazole rings is 1. The largest absolute Gasteiger partial charge is 0.497 e. The summed E-state index contributed by atoms with van der Waals surface area (Å²) in [6.45, 7) is 4.24. The second kappa shape index (κ2) is 13.3. The number of anilines is 1. The number of imide groups is 1. The molecule has 0 bridgehead atoms. The number of carbonyl (C=O) groups is 3. The molecule has 2 fully saturated rings. The smallest absolute Gasteiger partial charge is 0.321 e. The number of urea groups is 1. The van der Waals surface area contributed by atoms with Gasteiger partial charge in [-0.05, 0) is 64.5 Å². The minimum Gasteiger partial charge on any atom is -0.497 e. The number of carbonyl (C=O) groups excluding carboxylic acids is 4. The summed E-state index contributed by atoms with van der Waals surface area (Å²) in [6.07, 6.45) is 8.23. The quantitative estimate of drug-likeness (QED) is 0.308. The van der Waals surface area contributed by atoms with Crippen molar-refractivity contribution in [3.63, 3.8) is 0 Å². The average Bonchev–Trinajstić information content (AvgIpc) is 3.32. The number of pyridine rings is 1. The summed E-state index contributed by atoms with van der Waals surface area (Å²) < 4.78 is 12.1. The Kier molecular flexibility index (Phi) is 9.18. The standard InChI is InChI=1S/C34H39N6O6S/c1-19(2)36-33-38-28(17-47-33)27-15-29(23-10-9-21(45-3)14-26(23)37-27)46-22-12-24-25(13-22)31(43)40(32(35)44)11-7-5-4-6-8-20-16-34(20,18-41)39-30(24)42/h6,8-10,14-15,17,19-20,22,24-25H,4-5,7,11-13,16H2,1-3H3,(H2,35,44)(H,36,38)(H,39,42)/b8-6+. The van der Waals surface area contributed by atoms with Gasteiger partial charge in [-0.15, -0.1) is 11.3 Å². The number of nitrogens with one attached hydrogen (secondary N) is 2. The molecule has 5 atom stereocenters. The van der Waals surface area contributed by atoms with Crippen molar-refractivity contribution in [2.75, 3.05) is 19.0 Å². The molecule has 5 unspecified atom stereocenters. The summed E-state index contributed by atoms with van der Waals surface area (Å²) in [5, 5.41) is 9.61. The van der Waals surface area contributed by atoms with Crippen LogP contribution in [-0.4, -0.2) is 70.3 Å². The van der Waals surface area contributed by atoms with E-state index in [0.717, 1.165) is 21.8 Å². The Morgan fingerprint density at radius 3 is 2.72 bits per heavy atom. The monoisotopic (exact) mass is 659 g/mol. The van der Waals surface area contributed by atoms with Gasteiger partial charge in [0, 0.05) is 41.4 Å². The van der Waals surface area contributed by atoms with E-state index >= 15 is 0 Å². The van der Waals surface area contributed by atoms with Crippen molar-refractivity contribution in [2.24, 2.45) is 23.5 Å². The van der Waals surface area contributed by atoms with Crippen LogP contribution < -0.4 is 25.8 Å². The lowest BCUT2D eigenvalue weighted by Crippen LogP contribution is -2.49. The second-order valence-corrected chi connectivity index (χ2v) is 13.6. The Morgan fingerprint density at radius 1 is 1.17 bits per heavy atom. The topological polar surface area (TPSA) is 166 Å². The van der Waals surface area contributed by atoms with E-state index in [0.29, 0.717) is 47.7 Å². The van der Waals surface area contributed by atoms with Crippen molar-refractivity contribution < 1.29 is 28.7 Å². The van der Waals surface area contributed by atoms with E-state index in [1.54, 1.807) is 7.11 Å². The zero-order valence-corrected chi connectivity index (χ0v) is 27.5. The molecule has 4 amide bonds. The number of rotatable bonds is 7. The second-order valence-electron chi connectivity index (χ2n) is 12.8. The van der Waals surface area contributed by atoms with Crippen LogP contribution in [0, 0.1) is 17.8 Å². The highest BCUT2D eigenvalue weighted by molar-refractivity contribution is 7.14. The summed E-state index contributed by atoms with van der Waals surface area (Å²) in [6, 6.07) is 6.66. The first-order valence-corrected chi connectivity index (χ1v) is 16.9. The third kappa shape index (κ3) is 6.80. The highest BCUT2D eigenvalue weighted by Crippen LogP contribution is 2.45. The fraction of sp³-hybridized carbons (Fsp3) is 0.471. The Morgan fingerprint density at radius 2 is 1.98 bits per heavy atom. The summed E-state index contributed by atoms with van der Waals surface area (Å²) in [5.41, 5.74) is 6.45. The number of fused-ring (bicyclic) bond motifs is 3. The molecule has 1 radical (unpaired) electrons. The molecule has 12 nitrogen and oxygen atoms in total. The maximum Gasteiger partial charge on any atom is 0.321 e. The molecular weight excluding hydrogens is 620 g/mol. The minimum absolute atomic E-state index is 0.142. The van der Waals surface area contributed by atoms with E-state index in [2.05, 4.69) is 10.6 Å². The zero-order chi connectivity index (χ0) is 33.3. The lowest BCUT2D eigenvalue weighted by molar-refractivity contribution is -0.138. The number of primary amides is 1. The fourth-order valence-electron chi connectivity index (χ4n) is 6.51. The number of hydrogen-bond donors (Lipinski definition) is 3. The predicted octanol–water partition coefficient (Wildman–Crippen LogP) is 4.59. The number of ether oxygens (including phenoxy) is 2. The third-order valence-electron chi connectivity index (χ3n) is 9.07. The number of allylic oxidation sites excluding steroid dienone is 1. The van der Waals surface area contributed by atoms with E-state index in [9.17, 15) is 19.2 Å². The van der Waals surface area contributed by atoms with Crippen LogP contribution >= 0.6 is 11.3 Å². The van der Waals surface area contributed by atoms with Gasteiger partial charge in [0.05, 0.1) is 30.2 Å². The lowest BCUT2D eigenvalue weighted by atomic mass is 9.93. The van der Waals surface area contributed by atoms with Crippen molar-refractivity contribution in [1.29, 1.82) is 0 Å². The molecule has 0 saturated heterocycles. The van der Waals surface area contributed by atoms with E-state index in [1.165, 1.54) is 11.3 Å². The van der Waals surface area contributed by atoms with Gasteiger partial charge in [-0.25, -0.2) is 14.8 Å². The highest BCUT2D eigenvalue weighted by atomic mass is 32.1. The van der Waals surface area contributed by atoms with E-state index in [4.69, 9.17) is 25.2 Å². The Bertz CT molecular complexity index is 1720. The first kappa shape index (κ1) is 32.4. The molecular formula is C34H39N6O6S. The number of hydrogen-bond acceptors (Lipinski definition) is 10. The molecule has 6 rings (SSSR count). The van der Waals surface area contributed by atoms with Crippen LogP contribution in [0.5, 0.6) is 11.5 Å². The molecule has 2 aliphatic carbocycles. The molecule has 2 aromatic heterocycles. The first-order chi connectivity index (χ1) is 22.6. The van der Waals surface area contributed by atoms with Gasteiger partial charge in [-0.2, -0.15) is 0 Å². The Hall–Kier alpha value is -4.52. The molecule has 1 aliphatic heterocycles. The number of amides is 4. The zero-order valence-electron chi connectivity index (χ0n) is 26.7. The molecule has 47 heavy (non-hydrogen) atoms. The van der Waals surface area contributed by atoms with E-state index < -0.39 is 41.3 Å². The SMILES string of the molecule is COc1ccc2c(OC3CC4C(=O)NC5([C]=O)CC5/C=C/CCCCN(C(N)=O)C(=O)C4C3)cc(-c3csc(NC(C)C)n3)nc2c1. The first-order valence-electron chi connectivity index (χ1n) is 16.0. The van der Waals surface area contributed by atoms with Gasteiger partial charge in [0.15, 0.2) is 5.13 Å². The normalized spacial score (nSPS) is 26.9. The van der Waals surface area contributed by atoms with Crippen LogP contribution in [0.2, 0.25) is 0 Å². The van der Waals surface area contributed by atoms with Crippen molar-refractivity contribution in [3.8, 4) is 22.9 Å². The van der Waals surface area contributed by atoms with Gasteiger partial charge < -0.3 is 25.8 Å². The van der Waals surface area contributed by atoms with Crippen LogP contribution in [0.4, 0.5) is 9.93 Å². The summed E-state index contributed by atoms with van der Waals surface area (Å²) >= 11 is 1.48. The van der Waals surface area contributed by atoms with E-state index in [1.807, 2.05) is 61.9 Å². The highest BCUT2D eigenvalue weighted by Gasteiger charge is 2.57. The van der Waals surface area contributed by atoms with Gasteiger partial charge in [-0.3, -0.25) is 19.3 Å². The molecule has 3 heterocycles. The van der Waals surface area contributed by atoms with Crippen LogP contribution in [0.25, 0.3) is 22.3 Å². The molecule has 3 aromatic rings. The van der Waals surface area contributed by atoms with Gasteiger partial charge in [0.1, 0.15) is 28.8 Å². The van der Waals surface area contributed by atoms with Crippen LogP contribution in [-0.2, 0) is 14.4 Å². The van der Waals surface area contributed by atoms with Crippen molar-refractivity contribution >= 4 is 51.5 Å². The Balaban J connectivity index is 1.33. The number of benzene rings is 1. The van der Waals surface area contributed by atoms with Crippen LogP contribution in [0.1, 0.15) is 52.4 Å². The Labute approximate surface area is 277 Å². The molecule has 13 heteroatoms. The number of nitrogens with zero attached hydrogens (tertiary/aromatic N) is 3. The summed E-state index contributed by atoms with van der Waals surface area (Å²) in [7, 11) is 1.58. The number of nitrogens with two attached hydrogens (primary N) is 1. The lowest BCUT2D eigenvalue weighted by Gasteiger charge is -2.26. The average molecular weight is 660 g/mol. The van der Waals surface area contributed by atoms with Crippen molar-refractivity contribution in [1.82, 2.24) is 20.2 Å². The van der Waals surface area contributed by atoms with Gasteiger partial charge >= 0.3 is 6.03 Å². The predicted molar refractivity (Wildman–Crippen MR) is 178 cm³/mol. The fourth-order valence-corrected chi connectivity index (χ4v) is 7.36. The molecule has 4 N–H and O–H groups in total. The summed E-state index contributed by atoms with van der Waals surface area (Å²) in [5.74, 6) is -1.66. The van der Waals surface area contributed by atoms with Gasteiger partial charge in [-0.1, -0.05) is 12.2 Å². The maximum atomic E-state index is 13.9. The molecule has 247 valence electrons. The molecule has 3 aliphatic rings. The van der Waals surface area contributed by atoms with Crippen LogP contribution in [0.3, 0.4) is 0 Å². The van der Waals surface area contributed by atoms with E-state index in [-0.39, 0.29) is 31.3 Å². The van der Waals surface area contributed by atoms with Gasteiger partial charge in [0.25, 0.3) is 0 Å². The van der Waals surface area contributed by atoms with Crippen molar-refractivity contribution in [3.05, 3.63) is 41.8 Å². The minimum atomic E-state index is -1.11. The van der Waals surface area contributed by atoms with Gasteiger partial charge in [0.2, 0.25) is 18.1 Å². The molecule has 1 aromatic carbocycles. The molecule has 0 spiro atoms. The van der Waals surface area contributed by atoms with Crippen molar-refractivity contribution in [2.45, 2.75) is 70.1 Å². The number of methoxy groups -OCH3 is 1. The maximum absolute atomic E-state index is 13.9. The molecule has 2 saturated carbocycles.